The van der Waals surface area contributed by atoms with Crippen LogP contribution < -0.4 is 5.73 Å². The van der Waals surface area contributed by atoms with Crippen LogP contribution in [-0.2, 0) is 0 Å². The average Bonchev–Trinajstić information content (AvgIpc) is 2.03. The molecule has 0 saturated heterocycles. The van der Waals surface area contributed by atoms with E-state index in [-0.39, 0.29) is 23.7 Å². The standard InChI is InChI=1S/C9H12FNO2.ClH/c1-5(12)9(11)7-3-2-6(13)4-8(7)10;/h2-5,9,12-13H,11H2,1H3;1H/t5-,9-;/m0./s1. The molecule has 5 heteroatoms. The predicted octanol–water partition coefficient (Wildman–Crippen LogP) is 1.33. The zero-order valence-electron chi connectivity index (χ0n) is 7.64. The normalized spacial score (nSPS) is 14.3. The number of benzene rings is 1. The van der Waals surface area contributed by atoms with E-state index in [2.05, 4.69) is 0 Å². The first-order chi connectivity index (χ1) is 6.02. The SMILES string of the molecule is C[C@H](O)[C@H](N)c1ccc(O)cc1F.Cl. The van der Waals surface area contributed by atoms with E-state index in [1.165, 1.54) is 19.1 Å². The van der Waals surface area contributed by atoms with Crippen molar-refractivity contribution >= 4 is 12.4 Å². The number of rotatable bonds is 2. The molecule has 2 atom stereocenters. The van der Waals surface area contributed by atoms with Crippen LogP contribution in [0.4, 0.5) is 4.39 Å². The van der Waals surface area contributed by atoms with E-state index in [1.54, 1.807) is 0 Å². The number of aromatic hydroxyl groups is 1. The van der Waals surface area contributed by atoms with Crippen LogP contribution in [0.15, 0.2) is 18.2 Å². The molecule has 4 N–H and O–H groups in total. The third-order valence-corrected chi connectivity index (χ3v) is 1.86. The second kappa shape index (κ2) is 5.14. The fourth-order valence-electron chi connectivity index (χ4n) is 1.05. The fraction of sp³-hybridized carbons (Fsp3) is 0.333. The minimum atomic E-state index is -0.820. The lowest BCUT2D eigenvalue weighted by atomic mass is 10.0. The molecule has 1 aromatic rings. The number of nitrogens with two attached hydrogens (primary N) is 1. The largest absolute Gasteiger partial charge is 0.508 e. The highest BCUT2D eigenvalue weighted by Crippen LogP contribution is 2.21. The summed E-state index contributed by atoms with van der Waals surface area (Å²) in [6.07, 6.45) is -0.820. The molecule has 0 aliphatic rings. The van der Waals surface area contributed by atoms with Crippen LogP contribution in [0.1, 0.15) is 18.5 Å². The minimum absolute atomic E-state index is 0. The van der Waals surface area contributed by atoms with Crippen molar-refractivity contribution in [2.75, 3.05) is 0 Å². The van der Waals surface area contributed by atoms with E-state index in [4.69, 9.17) is 15.9 Å². The molecule has 0 aliphatic heterocycles. The Morgan fingerprint density at radius 1 is 1.43 bits per heavy atom. The average molecular weight is 222 g/mol. The molecule has 0 aliphatic carbocycles. The van der Waals surface area contributed by atoms with Gasteiger partial charge in [-0.1, -0.05) is 6.07 Å². The zero-order valence-corrected chi connectivity index (χ0v) is 8.46. The van der Waals surface area contributed by atoms with Crippen molar-refractivity contribution in [3.8, 4) is 5.75 Å². The molecule has 3 nitrogen and oxygen atoms in total. The van der Waals surface area contributed by atoms with Gasteiger partial charge in [0, 0.05) is 11.6 Å². The van der Waals surface area contributed by atoms with E-state index in [9.17, 15) is 4.39 Å². The highest BCUT2D eigenvalue weighted by Gasteiger charge is 2.16. The molecule has 80 valence electrons. The highest BCUT2D eigenvalue weighted by molar-refractivity contribution is 5.85. The van der Waals surface area contributed by atoms with Crippen LogP contribution in [0.2, 0.25) is 0 Å². The maximum Gasteiger partial charge on any atom is 0.131 e. The molecule has 0 bridgehead atoms. The Balaban J connectivity index is 0.00000169. The van der Waals surface area contributed by atoms with Crippen LogP contribution in [-0.4, -0.2) is 16.3 Å². The summed E-state index contributed by atoms with van der Waals surface area (Å²) in [5.41, 5.74) is 5.72. The number of phenolic OH excluding ortho intramolecular Hbond substituents is 1. The number of hydrogen-bond acceptors (Lipinski definition) is 3. The number of hydrogen-bond donors (Lipinski definition) is 3. The number of halogens is 2. The summed E-state index contributed by atoms with van der Waals surface area (Å²) in [6, 6.07) is 2.90. The molecular weight excluding hydrogens is 209 g/mol. The summed E-state index contributed by atoms with van der Waals surface area (Å²) in [4.78, 5) is 0. The number of aliphatic hydroxyl groups is 1. The van der Waals surface area contributed by atoms with Gasteiger partial charge in [-0.15, -0.1) is 12.4 Å². The summed E-state index contributed by atoms with van der Waals surface area (Å²) in [5.74, 6) is -0.757. The van der Waals surface area contributed by atoms with E-state index in [1.807, 2.05) is 0 Å². The Kier molecular flexibility index (Phi) is 4.83. The van der Waals surface area contributed by atoms with Gasteiger partial charge in [-0.3, -0.25) is 0 Å². The first-order valence-corrected chi connectivity index (χ1v) is 3.94. The van der Waals surface area contributed by atoms with Crippen molar-refractivity contribution in [2.24, 2.45) is 5.73 Å². The monoisotopic (exact) mass is 221 g/mol. The molecular formula is C9H13ClFNO2. The molecule has 0 aromatic heterocycles. The van der Waals surface area contributed by atoms with Gasteiger partial charge in [-0.25, -0.2) is 4.39 Å². The van der Waals surface area contributed by atoms with Gasteiger partial charge in [-0.05, 0) is 13.0 Å². The molecule has 0 radical (unpaired) electrons. The molecule has 14 heavy (non-hydrogen) atoms. The van der Waals surface area contributed by atoms with Crippen LogP contribution in [0.25, 0.3) is 0 Å². The quantitative estimate of drug-likeness (QED) is 0.706. The lowest BCUT2D eigenvalue weighted by molar-refractivity contribution is 0.162. The summed E-state index contributed by atoms with van der Waals surface area (Å²) in [7, 11) is 0. The Hall–Kier alpha value is -0.840. The minimum Gasteiger partial charge on any atom is -0.508 e. The second-order valence-electron chi connectivity index (χ2n) is 2.97. The lowest BCUT2D eigenvalue weighted by Gasteiger charge is -2.15. The maximum atomic E-state index is 13.1. The summed E-state index contributed by atoms with van der Waals surface area (Å²) >= 11 is 0. The van der Waals surface area contributed by atoms with E-state index in [0.29, 0.717) is 0 Å². The smallest absolute Gasteiger partial charge is 0.131 e. The van der Waals surface area contributed by atoms with Gasteiger partial charge in [0.2, 0.25) is 0 Å². The summed E-state index contributed by atoms with van der Waals surface area (Å²) in [6.45, 7) is 1.48. The summed E-state index contributed by atoms with van der Waals surface area (Å²) in [5, 5.41) is 18.0. The van der Waals surface area contributed by atoms with Crippen LogP contribution >= 0.6 is 12.4 Å². The Bertz CT molecular complexity index is 307. The molecule has 0 fully saturated rings. The molecule has 0 saturated carbocycles. The number of phenols is 1. The van der Waals surface area contributed by atoms with E-state index < -0.39 is 18.0 Å². The lowest BCUT2D eigenvalue weighted by Crippen LogP contribution is -2.24. The first-order valence-electron chi connectivity index (χ1n) is 3.94. The van der Waals surface area contributed by atoms with E-state index in [0.717, 1.165) is 6.07 Å². The van der Waals surface area contributed by atoms with Gasteiger partial charge in [0.15, 0.2) is 0 Å². The van der Waals surface area contributed by atoms with Crippen LogP contribution in [0, 0.1) is 5.82 Å². The Morgan fingerprint density at radius 3 is 2.43 bits per heavy atom. The first kappa shape index (κ1) is 13.2. The van der Waals surface area contributed by atoms with Crippen molar-refractivity contribution in [3.05, 3.63) is 29.6 Å². The third-order valence-electron chi connectivity index (χ3n) is 1.86. The van der Waals surface area contributed by atoms with Crippen molar-refractivity contribution in [2.45, 2.75) is 19.1 Å². The second-order valence-corrected chi connectivity index (χ2v) is 2.97. The number of aliphatic hydroxyl groups excluding tert-OH is 1. The van der Waals surface area contributed by atoms with Crippen LogP contribution in [0.5, 0.6) is 5.75 Å². The summed E-state index contributed by atoms with van der Waals surface area (Å²) < 4.78 is 13.1. The highest BCUT2D eigenvalue weighted by atomic mass is 35.5. The predicted molar refractivity (Wildman–Crippen MR) is 53.9 cm³/mol. The van der Waals surface area contributed by atoms with Crippen molar-refractivity contribution in [1.82, 2.24) is 0 Å². The van der Waals surface area contributed by atoms with Gasteiger partial charge in [0.05, 0.1) is 12.1 Å². The van der Waals surface area contributed by atoms with Gasteiger partial charge < -0.3 is 15.9 Å². The molecule has 0 heterocycles. The molecule has 0 amide bonds. The van der Waals surface area contributed by atoms with Gasteiger partial charge in [0.1, 0.15) is 11.6 Å². The molecule has 0 spiro atoms. The van der Waals surface area contributed by atoms with Crippen LogP contribution in [0.3, 0.4) is 0 Å². The van der Waals surface area contributed by atoms with Gasteiger partial charge in [-0.2, -0.15) is 0 Å². The van der Waals surface area contributed by atoms with Crippen molar-refractivity contribution in [1.29, 1.82) is 0 Å². The Labute approximate surface area is 87.8 Å². The molecule has 1 rings (SSSR count). The Morgan fingerprint density at radius 2 is 2.00 bits per heavy atom. The maximum absolute atomic E-state index is 13.1. The fourth-order valence-corrected chi connectivity index (χ4v) is 1.05. The third kappa shape index (κ3) is 2.83. The van der Waals surface area contributed by atoms with Gasteiger partial charge >= 0.3 is 0 Å². The molecule has 0 unspecified atom stereocenters. The topological polar surface area (TPSA) is 66.5 Å². The van der Waals surface area contributed by atoms with Crippen molar-refractivity contribution in [3.63, 3.8) is 0 Å². The van der Waals surface area contributed by atoms with Gasteiger partial charge in [0.25, 0.3) is 0 Å². The van der Waals surface area contributed by atoms with E-state index >= 15 is 0 Å². The molecule has 1 aromatic carbocycles. The zero-order chi connectivity index (χ0) is 10.0. The van der Waals surface area contributed by atoms with Crippen molar-refractivity contribution < 1.29 is 14.6 Å².